The van der Waals surface area contributed by atoms with Crippen LogP contribution in [0.1, 0.15) is 61.2 Å². The average Bonchev–Trinajstić information content (AvgIpc) is 2.93. The van der Waals surface area contributed by atoms with Gasteiger partial charge in [0.05, 0.1) is 12.1 Å². The Hall–Kier alpha value is -4.17. The zero-order valence-corrected chi connectivity index (χ0v) is 25.1. The summed E-state index contributed by atoms with van der Waals surface area (Å²) < 4.78 is 0. The summed E-state index contributed by atoms with van der Waals surface area (Å²) in [5.74, 6) is -0.966. The van der Waals surface area contributed by atoms with Crippen LogP contribution in [0.25, 0.3) is 0 Å². The molecule has 0 aromatic heterocycles. The van der Waals surface area contributed by atoms with Crippen molar-refractivity contribution in [2.75, 3.05) is 6.54 Å². The van der Waals surface area contributed by atoms with E-state index in [2.05, 4.69) is 10.6 Å². The molecule has 4 N–H and O–H groups in total. The molecule has 0 unspecified atom stereocenters. The Kier molecular flexibility index (Phi) is 11.3. The number of amides is 3. The summed E-state index contributed by atoms with van der Waals surface area (Å²) in [5.41, 5.74) is 2.09. The Balaban J connectivity index is 1.84. The average molecular weight is 574 g/mol. The second kappa shape index (κ2) is 14.6. The van der Waals surface area contributed by atoms with Crippen LogP contribution in [0, 0.1) is 6.92 Å². The minimum atomic E-state index is -1.03. The Labute approximate surface area is 248 Å². The van der Waals surface area contributed by atoms with Gasteiger partial charge in [-0.15, -0.1) is 0 Å². The maximum absolute atomic E-state index is 13.4. The number of aromatic hydroxyl groups is 1. The molecule has 8 nitrogen and oxygen atoms in total. The van der Waals surface area contributed by atoms with E-state index in [4.69, 9.17) is 0 Å². The molecule has 3 aromatic carbocycles. The summed E-state index contributed by atoms with van der Waals surface area (Å²) in [7, 11) is 0. The molecule has 3 aromatic rings. The van der Waals surface area contributed by atoms with Crippen LogP contribution in [-0.2, 0) is 22.4 Å². The molecule has 0 saturated heterocycles. The van der Waals surface area contributed by atoms with Crippen molar-refractivity contribution in [3.05, 3.63) is 101 Å². The van der Waals surface area contributed by atoms with Crippen LogP contribution in [0.2, 0.25) is 0 Å². The van der Waals surface area contributed by atoms with E-state index >= 15 is 0 Å². The zero-order valence-electron chi connectivity index (χ0n) is 25.1. The van der Waals surface area contributed by atoms with Gasteiger partial charge in [-0.05, 0) is 63.8 Å². The van der Waals surface area contributed by atoms with Crippen molar-refractivity contribution in [2.45, 2.75) is 77.6 Å². The van der Waals surface area contributed by atoms with Gasteiger partial charge in [-0.25, -0.2) is 0 Å². The van der Waals surface area contributed by atoms with Gasteiger partial charge in [-0.1, -0.05) is 66.7 Å². The van der Waals surface area contributed by atoms with Gasteiger partial charge in [-0.3, -0.25) is 14.4 Å². The molecule has 0 spiro atoms. The van der Waals surface area contributed by atoms with Gasteiger partial charge in [0.1, 0.15) is 11.8 Å². The number of carbonyl (C=O) groups is 3. The monoisotopic (exact) mass is 573 g/mol. The zero-order chi connectivity index (χ0) is 30.9. The maximum Gasteiger partial charge on any atom is 0.252 e. The lowest BCUT2D eigenvalue weighted by Crippen LogP contribution is -2.55. The van der Waals surface area contributed by atoms with Crippen LogP contribution in [0.5, 0.6) is 5.75 Å². The van der Waals surface area contributed by atoms with E-state index in [1.807, 2.05) is 81.4 Å². The van der Waals surface area contributed by atoms with Crippen molar-refractivity contribution in [1.29, 1.82) is 0 Å². The van der Waals surface area contributed by atoms with E-state index in [-0.39, 0.29) is 30.5 Å². The summed E-state index contributed by atoms with van der Waals surface area (Å²) in [4.78, 5) is 41.1. The highest BCUT2D eigenvalue weighted by atomic mass is 16.3. The molecule has 0 radical (unpaired) electrons. The fraction of sp³-hybridized carbons (Fsp3) is 0.382. The predicted molar refractivity (Wildman–Crippen MR) is 164 cm³/mol. The van der Waals surface area contributed by atoms with Crippen molar-refractivity contribution in [2.24, 2.45) is 0 Å². The first kappa shape index (κ1) is 32.3. The first-order valence-corrected chi connectivity index (χ1v) is 14.3. The lowest BCUT2D eigenvalue weighted by molar-refractivity contribution is -0.140. The topological polar surface area (TPSA) is 119 Å². The van der Waals surface area contributed by atoms with Crippen molar-refractivity contribution in [3.8, 4) is 5.75 Å². The summed E-state index contributed by atoms with van der Waals surface area (Å²) in [6, 6.07) is 22.3. The van der Waals surface area contributed by atoms with Crippen molar-refractivity contribution < 1.29 is 24.6 Å². The van der Waals surface area contributed by atoms with Gasteiger partial charge >= 0.3 is 0 Å². The predicted octanol–water partition coefficient (Wildman–Crippen LogP) is 4.17. The van der Waals surface area contributed by atoms with E-state index in [0.717, 1.165) is 11.1 Å². The number of hydrogen-bond donors (Lipinski definition) is 4. The summed E-state index contributed by atoms with van der Waals surface area (Å²) in [5, 5.41) is 27.5. The number of carbonyl (C=O) groups excluding carboxylic acids is 3. The van der Waals surface area contributed by atoms with Crippen LogP contribution in [0.4, 0.5) is 0 Å². The SMILES string of the molecule is CC(=O)N(CC[C@@H](O)[C@H](Cc1ccccc1)NC(=O)c1cccc(O)c1C)[C@@H](Cc1ccccc1)C(=O)NC(C)(C)C. The van der Waals surface area contributed by atoms with Crippen LogP contribution in [0.15, 0.2) is 78.9 Å². The van der Waals surface area contributed by atoms with Crippen LogP contribution in [-0.4, -0.2) is 63.1 Å². The van der Waals surface area contributed by atoms with Crippen molar-refractivity contribution in [3.63, 3.8) is 0 Å². The number of hydrogen-bond acceptors (Lipinski definition) is 5. The third-order valence-electron chi connectivity index (χ3n) is 7.15. The molecule has 3 atom stereocenters. The number of aliphatic hydroxyl groups excluding tert-OH is 1. The molecule has 0 fully saturated rings. The van der Waals surface area contributed by atoms with Crippen molar-refractivity contribution in [1.82, 2.24) is 15.5 Å². The first-order valence-electron chi connectivity index (χ1n) is 14.3. The Bertz CT molecular complexity index is 1340. The quantitative estimate of drug-likeness (QED) is 0.259. The summed E-state index contributed by atoms with van der Waals surface area (Å²) >= 11 is 0. The smallest absolute Gasteiger partial charge is 0.252 e. The molecule has 0 bridgehead atoms. The fourth-order valence-electron chi connectivity index (χ4n) is 4.91. The lowest BCUT2D eigenvalue weighted by atomic mass is 9.97. The fourth-order valence-corrected chi connectivity index (χ4v) is 4.91. The molecule has 0 aliphatic rings. The summed E-state index contributed by atoms with van der Waals surface area (Å²) in [6.45, 7) is 8.85. The molecular formula is C34H43N3O5. The minimum absolute atomic E-state index is 0.0119. The largest absolute Gasteiger partial charge is 0.508 e. The van der Waals surface area contributed by atoms with Gasteiger partial charge in [0.25, 0.3) is 5.91 Å². The molecule has 3 rings (SSSR count). The number of aliphatic hydroxyl groups is 1. The standard InChI is InChI=1S/C34H43N3O5/c1-23-27(17-12-18-30(23)39)32(41)35-28(21-25-13-8-6-9-14-25)31(40)19-20-37(24(2)38)29(33(42)36-34(3,4)5)22-26-15-10-7-11-16-26/h6-18,28-29,31,39-40H,19-22H2,1-5H3,(H,35,41)(H,36,42)/t28-,29-,31+/m0/s1. The molecule has 0 saturated carbocycles. The lowest BCUT2D eigenvalue weighted by Gasteiger charge is -2.34. The van der Waals surface area contributed by atoms with Gasteiger partial charge in [0, 0.05) is 36.6 Å². The van der Waals surface area contributed by atoms with Crippen LogP contribution in [0.3, 0.4) is 0 Å². The highest BCUT2D eigenvalue weighted by Gasteiger charge is 2.32. The molecule has 0 aliphatic carbocycles. The first-order chi connectivity index (χ1) is 19.9. The molecule has 42 heavy (non-hydrogen) atoms. The second-order valence-electron chi connectivity index (χ2n) is 11.7. The number of nitrogens with zero attached hydrogens (tertiary/aromatic N) is 1. The maximum atomic E-state index is 13.4. The minimum Gasteiger partial charge on any atom is -0.508 e. The third kappa shape index (κ3) is 9.45. The third-order valence-corrected chi connectivity index (χ3v) is 7.15. The number of benzene rings is 3. The highest BCUT2D eigenvalue weighted by molar-refractivity contribution is 5.96. The molecule has 8 heteroatoms. The van der Waals surface area contributed by atoms with Gasteiger partial charge in [0.15, 0.2) is 0 Å². The number of rotatable bonds is 12. The molecule has 0 aliphatic heterocycles. The van der Waals surface area contributed by atoms with Crippen molar-refractivity contribution >= 4 is 17.7 Å². The summed E-state index contributed by atoms with van der Waals surface area (Å²) in [6.07, 6.45) is -0.232. The van der Waals surface area contributed by atoms with Gasteiger partial charge in [-0.2, -0.15) is 0 Å². The Morgan fingerprint density at radius 2 is 1.43 bits per heavy atom. The number of phenolic OH excluding ortho intramolecular Hbond substituents is 1. The van der Waals surface area contributed by atoms with Gasteiger partial charge < -0.3 is 25.7 Å². The molecule has 3 amide bonds. The Morgan fingerprint density at radius 1 is 0.857 bits per heavy atom. The van der Waals surface area contributed by atoms with Crippen LogP contribution < -0.4 is 10.6 Å². The highest BCUT2D eigenvalue weighted by Crippen LogP contribution is 2.21. The second-order valence-corrected chi connectivity index (χ2v) is 11.7. The molecule has 0 heterocycles. The normalized spacial score (nSPS) is 13.5. The van der Waals surface area contributed by atoms with E-state index in [1.54, 1.807) is 19.1 Å². The number of nitrogens with one attached hydrogen (secondary N) is 2. The van der Waals surface area contributed by atoms with E-state index < -0.39 is 29.6 Å². The van der Waals surface area contributed by atoms with Crippen LogP contribution >= 0.6 is 0 Å². The molecular weight excluding hydrogens is 530 g/mol. The van der Waals surface area contributed by atoms with E-state index in [0.29, 0.717) is 24.0 Å². The Morgan fingerprint density at radius 3 is 1.98 bits per heavy atom. The molecule has 224 valence electrons. The van der Waals surface area contributed by atoms with Gasteiger partial charge in [0.2, 0.25) is 11.8 Å². The number of phenols is 1. The van der Waals surface area contributed by atoms with E-state index in [1.165, 1.54) is 17.9 Å². The van der Waals surface area contributed by atoms with E-state index in [9.17, 15) is 24.6 Å².